The van der Waals surface area contributed by atoms with E-state index in [0.29, 0.717) is 0 Å². The molecule has 1 saturated heterocycles. The summed E-state index contributed by atoms with van der Waals surface area (Å²) in [7, 11) is 2.03. The van der Waals surface area contributed by atoms with E-state index >= 15 is 0 Å². The normalized spacial score (nSPS) is 17.2. The van der Waals surface area contributed by atoms with Gasteiger partial charge in [0, 0.05) is 49.5 Å². The molecule has 0 bridgehead atoms. The van der Waals surface area contributed by atoms with Gasteiger partial charge in [-0.1, -0.05) is 11.6 Å². The maximum Gasteiger partial charge on any atom is 0.254 e. The van der Waals surface area contributed by atoms with Gasteiger partial charge in [-0.05, 0) is 57.7 Å². The minimum Gasteiger partial charge on any atom is -0.338 e. The van der Waals surface area contributed by atoms with E-state index in [2.05, 4.69) is 38.5 Å². The number of hydrogen-bond donors (Lipinski definition) is 0. The first kappa shape index (κ1) is 18.7. The van der Waals surface area contributed by atoms with Crippen LogP contribution < -0.4 is 0 Å². The van der Waals surface area contributed by atoms with Crippen molar-refractivity contribution >= 4 is 16.8 Å². The van der Waals surface area contributed by atoms with Crippen LogP contribution in [0.15, 0.2) is 36.7 Å². The maximum atomic E-state index is 13.6. The predicted molar refractivity (Wildman–Crippen MR) is 111 cm³/mol. The Morgan fingerprint density at radius 2 is 2.07 bits per heavy atom. The fraction of sp³-hybridized carbons (Fsp3) is 0.435. The number of pyridine rings is 1. The van der Waals surface area contributed by atoms with E-state index in [0.717, 1.165) is 65.8 Å². The molecular weight excluding hydrogens is 348 g/mol. The summed E-state index contributed by atoms with van der Waals surface area (Å²) < 4.78 is 2.07. The van der Waals surface area contributed by atoms with Crippen molar-refractivity contribution in [2.45, 2.75) is 52.0 Å². The maximum absolute atomic E-state index is 13.6. The molecule has 2 aromatic heterocycles. The number of carbonyl (C=O) groups excluding carboxylic acids is 1. The lowest BCUT2D eigenvalue weighted by Crippen LogP contribution is -2.44. The van der Waals surface area contributed by atoms with Gasteiger partial charge in [0.25, 0.3) is 5.91 Å². The summed E-state index contributed by atoms with van der Waals surface area (Å²) in [5, 5.41) is 0.962. The van der Waals surface area contributed by atoms with Gasteiger partial charge in [0.05, 0.1) is 11.1 Å². The van der Waals surface area contributed by atoms with Crippen molar-refractivity contribution in [1.29, 1.82) is 0 Å². The second-order valence-corrected chi connectivity index (χ2v) is 7.97. The third kappa shape index (κ3) is 3.66. The predicted octanol–water partition coefficient (Wildman–Crippen LogP) is 4.21. The summed E-state index contributed by atoms with van der Waals surface area (Å²) in [6.45, 7) is 4.85. The number of hydrogen-bond acceptors (Lipinski definition) is 3. The van der Waals surface area contributed by atoms with Crippen LogP contribution in [0.4, 0.5) is 0 Å². The number of carbonyl (C=O) groups is 1. The van der Waals surface area contributed by atoms with Crippen molar-refractivity contribution in [1.82, 2.24) is 19.4 Å². The highest BCUT2D eigenvalue weighted by molar-refractivity contribution is 6.06. The molecule has 0 N–H and O–H groups in total. The molecule has 1 fully saturated rings. The van der Waals surface area contributed by atoms with Gasteiger partial charge in [-0.25, -0.2) is 4.98 Å². The minimum absolute atomic E-state index is 0.144. The second-order valence-electron chi connectivity index (χ2n) is 7.97. The van der Waals surface area contributed by atoms with E-state index in [1.54, 1.807) is 0 Å². The Labute approximate surface area is 166 Å². The average Bonchev–Trinajstić information content (AvgIpc) is 3.10. The number of rotatable bonds is 4. The van der Waals surface area contributed by atoms with Gasteiger partial charge in [-0.3, -0.25) is 9.78 Å². The largest absolute Gasteiger partial charge is 0.338 e. The Hall–Kier alpha value is -2.69. The molecule has 4 rings (SSSR count). The van der Waals surface area contributed by atoms with Crippen molar-refractivity contribution < 1.29 is 4.79 Å². The lowest BCUT2D eigenvalue weighted by molar-refractivity contribution is 0.0603. The molecule has 1 aromatic carbocycles. The van der Waals surface area contributed by atoms with Crippen molar-refractivity contribution in [3.63, 3.8) is 0 Å². The zero-order chi connectivity index (χ0) is 19.7. The van der Waals surface area contributed by atoms with Crippen LogP contribution in [0.2, 0.25) is 0 Å². The number of piperidine rings is 1. The number of imidazole rings is 1. The first-order valence-electron chi connectivity index (χ1n) is 10.2. The third-order valence-electron chi connectivity index (χ3n) is 5.83. The molecule has 0 unspecified atom stereocenters. The minimum atomic E-state index is 0.144. The molecule has 1 atom stereocenters. The molecule has 1 amide bonds. The molecule has 3 heterocycles. The summed E-state index contributed by atoms with van der Waals surface area (Å²) in [4.78, 5) is 24.8. The second kappa shape index (κ2) is 7.74. The van der Waals surface area contributed by atoms with Gasteiger partial charge in [-0.15, -0.1) is 0 Å². The Morgan fingerprint density at radius 1 is 1.21 bits per heavy atom. The Bertz CT molecular complexity index is 1010. The molecule has 0 radical (unpaired) electrons. The Kier molecular flexibility index (Phi) is 5.16. The van der Waals surface area contributed by atoms with Crippen LogP contribution >= 0.6 is 0 Å². The summed E-state index contributed by atoms with van der Waals surface area (Å²) in [6, 6.07) is 8.38. The molecule has 1 aliphatic heterocycles. The summed E-state index contributed by atoms with van der Waals surface area (Å²) in [5.74, 6) is 1.23. The van der Waals surface area contributed by atoms with Crippen LogP contribution in [0.5, 0.6) is 0 Å². The number of amides is 1. The molecule has 3 aromatic rings. The van der Waals surface area contributed by atoms with Crippen molar-refractivity contribution in [3.05, 3.63) is 59.3 Å². The number of benzene rings is 1. The van der Waals surface area contributed by atoms with Crippen molar-refractivity contribution in [2.24, 2.45) is 7.05 Å². The van der Waals surface area contributed by atoms with Crippen molar-refractivity contribution in [2.75, 3.05) is 6.54 Å². The number of aromatic nitrogens is 3. The highest BCUT2D eigenvalue weighted by Crippen LogP contribution is 2.27. The zero-order valence-corrected chi connectivity index (χ0v) is 17.0. The quantitative estimate of drug-likeness (QED) is 0.685. The van der Waals surface area contributed by atoms with Gasteiger partial charge in [-0.2, -0.15) is 0 Å². The van der Waals surface area contributed by atoms with Crippen LogP contribution in [0.3, 0.4) is 0 Å². The fourth-order valence-corrected chi connectivity index (χ4v) is 4.30. The summed E-state index contributed by atoms with van der Waals surface area (Å²) in [5.41, 5.74) is 3.73. The van der Waals surface area contributed by atoms with Crippen LogP contribution in [-0.4, -0.2) is 37.9 Å². The standard InChI is InChI=1S/C23H28N4O/c1-16-7-9-21-19(14-16)20(15-17(2)25-21)23(28)27-12-5-4-6-18(27)8-10-22-24-11-13-26(22)3/h7,9,11,13-15,18H,4-6,8,10,12H2,1-3H3/t18-/m1/s1. The Balaban J connectivity index is 1.62. The molecule has 0 saturated carbocycles. The lowest BCUT2D eigenvalue weighted by atomic mass is 9.95. The van der Waals surface area contributed by atoms with E-state index in [1.807, 2.05) is 38.5 Å². The van der Waals surface area contributed by atoms with E-state index in [-0.39, 0.29) is 11.9 Å². The number of fused-ring (bicyclic) bond motifs is 1. The number of nitrogens with zero attached hydrogens (tertiary/aromatic N) is 4. The van der Waals surface area contributed by atoms with E-state index < -0.39 is 0 Å². The van der Waals surface area contributed by atoms with Crippen molar-refractivity contribution in [3.8, 4) is 0 Å². The van der Waals surface area contributed by atoms with Crippen LogP contribution in [0.1, 0.15) is 53.1 Å². The highest BCUT2D eigenvalue weighted by atomic mass is 16.2. The summed E-state index contributed by atoms with van der Waals surface area (Å²) >= 11 is 0. The van der Waals surface area contributed by atoms with Gasteiger partial charge in [0.15, 0.2) is 0 Å². The lowest BCUT2D eigenvalue weighted by Gasteiger charge is -2.36. The van der Waals surface area contributed by atoms with Crippen LogP contribution in [0, 0.1) is 13.8 Å². The molecule has 146 valence electrons. The van der Waals surface area contributed by atoms with Crippen LogP contribution in [-0.2, 0) is 13.5 Å². The molecule has 0 spiro atoms. The first-order valence-corrected chi connectivity index (χ1v) is 10.2. The molecule has 1 aliphatic rings. The molecular formula is C23H28N4O. The average molecular weight is 377 g/mol. The molecule has 0 aliphatic carbocycles. The Morgan fingerprint density at radius 3 is 2.86 bits per heavy atom. The van der Waals surface area contributed by atoms with Gasteiger partial charge >= 0.3 is 0 Å². The van der Waals surface area contributed by atoms with Gasteiger partial charge in [0.1, 0.15) is 5.82 Å². The summed E-state index contributed by atoms with van der Waals surface area (Å²) in [6.07, 6.45) is 9.00. The monoisotopic (exact) mass is 376 g/mol. The van der Waals surface area contributed by atoms with E-state index in [9.17, 15) is 4.79 Å². The number of aryl methyl sites for hydroxylation is 4. The fourth-order valence-electron chi connectivity index (χ4n) is 4.30. The highest BCUT2D eigenvalue weighted by Gasteiger charge is 2.28. The van der Waals surface area contributed by atoms with E-state index in [1.165, 1.54) is 6.42 Å². The number of likely N-dealkylation sites (tertiary alicyclic amines) is 1. The molecule has 28 heavy (non-hydrogen) atoms. The third-order valence-corrected chi connectivity index (χ3v) is 5.83. The van der Waals surface area contributed by atoms with Gasteiger partial charge in [0.2, 0.25) is 0 Å². The topological polar surface area (TPSA) is 51.0 Å². The van der Waals surface area contributed by atoms with E-state index in [4.69, 9.17) is 0 Å². The first-order chi connectivity index (χ1) is 13.5. The zero-order valence-electron chi connectivity index (χ0n) is 17.0. The SMILES string of the molecule is Cc1ccc2nc(C)cc(C(=O)N3CCCC[C@@H]3CCc3nccn3C)c2c1. The van der Waals surface area contributed by atoms with Gasteiger partial charge < -0.3 is 9.47 Å². The molecule has 5 heteroatoms. The molecule has 5 nitrogen and oxygen atoms in total. The van der Waals surface area contributed by atoms with Crippen LogP contribution in [0.25, 0.3) is 10.9 Å². The smallest absolute Gasteiger partial charge is 0.254 e.